The molecule has 168 valence electrons. The van der Waals surface area contributed by atoms with Crippen LogP contribution in [0.15, 0.2) is 12.1 Å². The Balaban J connectivity index is 1.83. The van der Waals surface area contributed by atoms with Crippen LogP contribution in [0.4, 0.5) is 4.79 Å². The number of ether oxygens (including phenoxy) is 3. The zero-order valence-electron chi connectivity index (χ0n) is 19.4. The molecule has 1 fully saturated rings. The molecule has 0 saturated carbocycles. The smallest absolute Gasteiger partial charge is 0.407 e. The van der Waals surface area contributed by atoms with Crippen molar-refractivity contribution >= 4 is 6.09 Å². The predicted molar refractivity (Wildman–Crippen MR) is 118 cm³/mol. The van der Waals surface area contributed by atoms with E-state index in [-0.39, 0.29) is 18.2 Å². The lowest BCUT2D eigenvalue weighted by Gasteiger charge is -2.47. The summed E-state index contributed by atoms with van der Waals surface area (Å²) < 4.78 is 17.1. The van der Waals surface area contributed by atoms with Crippen LogP contribution in [0.25, 0.3) is 0 Å². The van der Waals surface area contributed by atoms with Crippen molar-refractivity contribution in [1.29, 1.82) is 0 Å². The van der Waals surface area contributed by atoms with Gasteiger partial charge in [0.15, 0.2) is 11.5 Å². The van der Waals surface area contributed by atoms with Gasteiger partial charge in [0.2, 0.25) is 0 Å². The molecule has 2 heterocycles. The van der Waals surface area contributed by atoms with E-state index < -0.39 is 0 Å². The van der Waals surface area contributed by atoms with Crippen LogP contribution in [-0.4, -0.2) is 51.0 Å². The molecular formula is C24H38N2O4. The second-order valence-electron chi connectivity index (χ2n) is 9.51. The Morgan fingerprint density at radius 1 is 1.13 bits per heavy atom. The summed E-state index contributed by atoms with van der Waals surface area (Å²) in [5.74, 6) is 2.86. The normalized spacial score (nSPS) is 23.7. The van der Waals surface area contributed by atoms with Gasteiger partial charge in [-0.1, -0.05) is 27.7 Å². The van der Waals surface area contributed by atoms with Crippen molar-refractivity contribution in [2.24, 2.45) is 17.8 Å². The first kappa shape index (κ1) is 22.7. The maximum absolute atomic E-state index is 12.5. The first-order valence-corrected chi connectivity index (χ1v) is 11.3. The molecule has 3 rings (SSSR count). The van der Waals surface area contributed by atoms with E-state index in [0.717, 1.165) is 43.9 Å². The Kier molecular flexibility index (Phi) is 7.50. The van der Waals surface area contributed by atoms with Gasteiger partial charge in [0, 0.05) is 38.0 Å². The van der Waals surface area contributed by atoms with Crippen LogP contribution in [0.2, 0.25) is 0 Å². The number of rotatable bonds is 7. The summed E-state index contributed by atoms with van der Waals surface area (Å²) in [5, 5.41) is 2.92. The van der Waals surface area contributed by atoms with Gasteiger partial charge in [-0.2, -0.15) is 0 Å². The van der Waals surface area contributed by atoms with Crippen molar-refractivity contribution in [3.63, 3.8) is 0 Å². The first-order chi connectivity index (χ1) is 14.3. The number of fused-ring (bicyclic) bond motifs is 3. The number of nitrogens with one attached hydrogen (secondary N) is 1. The van der Waals surface area contributed by atoms with Crippen molar-refractivity contribution < 1.29 is 19.0 Å². The van der Waals surface area contributed by atoms with Gasteiger partial charge in [0.25, 0.3) is 0 Å². The highest BCUT2D eigenvalue weighted by Crippen LogP contribution is 2.44. The minimum absolute atomic E-state index is 0.0835. The average Bonchev–Trinajstić information content (AvgIpc) is 2.71. The van der Waals surface area contributed by atoms with Crippen molar-refractivity contribution in [2.75, 3.05) is 33.9 Å². The number of carbonyl (C=O) groups is 1. The summed E-state index contributed by atoms with van der Waals surface area (Å²) in [6.07, 6.45) is 2.50. The van der Waals surface area contributed by atoms with Gasteiger partial charge in [-0.3, -0.25) is 4.90 Å². The number of piperidine rings is 1. The maximum Gasteiger partial charge on any atom is 0.407 e. The molecular weight excluding hydrogens is 380 g/mol. The van der Waals surface area contributed by atoms with Crippen LogP contribution >= 0.6 is 0 Å². The van der Waals surface area contributed by atoms with Crippen molar-refractivity contribution in [1.82, 2.24) is 10.2 Å². The quantitative estimate of drug-likeness (QED) is 0.710. The number of hydrogen-bond donors (Lipinski definition) is 1. The third-order valence-corrected chi connectivity index (χ3v) is 6.25. The molecule has 1 aromatic carbocycles. The van der Waals surface area contributed by atoms with E-state index in [9.17, 15) is 4.79 Å². The molecule has 0 unspecified atom stereocenters. The Morgan fingerprint density at radius 3 is 2.47 bits per heavy atom. The summed E-state index contributed by atoms with van der Waals surface area (Å²) in [7, 11) is 3.35. The summed E-state index contributed by atoms with van der Waals surface area (Å²) >= 11 is 0. The maximum atomic E-state index is 12.5. The first-order valence-electron chi connectivity index (χ1n) is 11.3. The molecule has 0 spiro atoms. The third kappa shape index (κ3) is 5.20. The van der Waals surface area contributed by atoms with Crippen LogP contribution in [-0.2, 0) is 11.2 Å². The van der Waals surface area contributed by atoms with Gasteiger partial charge in [0.1, 0.15) is 6.10 Å². The van der Waals surface area contributed by atoms with E-state index in [0.29, 0.717) is 24.3 Å². The number of amides is 1. The van der Waals surface area contributed by atoms with E-state index in [2.05, 4.69) is 50.0 Å². The number of methoxy groups -OCH3 is 2. The number of benzene rings is 1. The highest BCUT2D eigenvalue weighted by Gasteiger charge is 2.41. The van der Waals surface area contributed by atoms with Gasteiger partial charge >= 0.3 is 6.09 Å². The van der Waals surface area contributed by atoms with E-state index in [4.69, 9.17) is 14.2 Å². The average molecular weight is 419 g/mol. The van der Waals surface area contributed by atoms with E-state index >= 15 is 0 Å². The monoisotopic (exact) mass is 418 g/mol. The van der Waals surface area contributed by atoms with Crippen molar-refractivity contribution in [3.8, 4) is 11.5 Å². The summed E-state index contributed by atoms with van der Waals surface area (Å²) in [6, 6.07) is 4.46. The number of carbonyl (C=O) groups excluding carboxylic acids is 1. The fourth-order valence-electron chi connectivity index (χ4n) is 4.85. The van der Waals surface area contributed by atoms with Crippen LogP contribution in [0.5, 0.6) is 11.5 Å². The lowest BCUT2D eigenvalue weighted by Crippen LogP contribution is -2.50. The van der Waals surface area contributed by atoms with Gasteiger partial charge in [-0.25, -0.2) is 4.79 Å². The highest BCUT2D eigenvalue weighted by molar-refractivity contribution is 5.67. The van der Waals surface area contributed by atoms with Gasteiger partial charge in [0.05, 0.1) is 14.2 Å². The van der Waals surface area contributed by atoms with Crippen LogP contribution < -0.4 is 14.8 Å². The molecule has 1 aromatic rings. The third-order valence-electron chi connectivity index (χ3n) is 6.25. The minimum atomic E-state index is -0.292. The lowest BCUT2D eigenvalue weighted by atomic mass is 9.79. The fourth-order valence-corrected chi connectivity index (χ4v) is 4.85. The summed E-state index contributed by atoms with van der Waals surface area (Å²) in [4.78, 5) is 15.0. The molecule has 3 atom stereocenters. The Morgan fingerprint density at radius 2 is 1.83 bits per heavy atom. The minimum Gasteiger partial charge on any atom is -0.493 e. The fraction of sp³-hybridized carbons (Fsp3) is 0.708. The van der Waals surface area contributed by atoms with E-state index in [1.165, 1.54) is 11.1 Å². The summed E-state index contributed by atoms with van der Waals surface area (Å²) in [6.45, 7) is 11.3. The Bertz CT molecular complexity index is 734. The Hall–Kier alpha value is -1.95. The zero-order chi connectivity index (χ0) is 21.8. The van der Waals surface area contributed by atoms with Gasteiger partial charge in [-0.05, 0) is 47.9 Å². The van der Waals surface area contributed by atoms with Crippen LogP contribution in [0, 0.1) is 17.8 Å². The molecule has 0 aliphatic carbocycles. The topological polar surface area (TPSA) is 60.0 Å². The van der Waals surface area contributed by atoms with Crippen LogP contribution in [0.1, 0.15) is 57.7 Å². The molecule has 1 saturated heterocycles. The highest BCUT2D eigenvalue weighted by atomic mass is 16.6. The molecule has 1 N–H and O–H groups in total. The largest absolute Gasteiger partial charge is 0.493 e. The number of nitrogens with zero attached hydrogens (tertiary/aromatic N) is 1. The number of alkyl carbamates (subject to hydrolysis) is 1. The molecule has 2 aliphatic heterocycles. The van der Waals surface area contributed by atoms with Gasteiger partial charge in [-0.15, -0.1) is 0 Å². The summed E-state index contributed by atoms with van der Waals surface area (Å²) in [5.41, 5.74) is 2.58. The van der Waals surface area contributed by atoms with Gasteiger partial charge < -0.3 is 19.5 Å². The molecule has 1 amide bonds. The van der Waals surface area contributed by atoms with E-state index in [1.807, 2.05) is 0 Å². The molecule has 6 nitrogen and oxygen atoms in total. The molecule has 0 bridgehead atoms. The lowest BCUT2D eigenvalue weighted by molar-refractivity contribution is -0.0293. The number of hydrogen-bond acceptors (Lipinski definition) is 5. The molecule has 30 heavy (non-hydrogen) atoms. The predicted octanol–water partition coefficient (Wildman–Crippen LogP) is 4.42. The molecule has 6 heteroatoms. The SMILES string of the molecule is COc1cc2c(cc1OC)[C@H]1C[C@@H](OC(=O)NCC(C)C)[C@H](CC(C)C)CN1CC2. The van der Waals surface area contributed by atoms with E-state index in [1.54, 1.807) is 14.2 Å². The zero-order valence-corrected chi connectivity index (χ0v) is 19.4. The second kappa shape index (κ2) is 9.90. The molecule has 0 aromatic heterocycles. The standard InChI is InChI=1S/C24H38N2O4/c1-15(2)9-18-14-26-8-7-17-10-22(28-5)23(29-6)11-19(17)20(26)12-21(18)30-24(27)25-13-16(3)4/h10-11,15-16,18,20-21H,7-9,12-14H2,1-6H3,(H,25,27)/t18-,20-,21-/m1/s1. The van der Waals surface area contributed by atoms with Crippen molar-refractivity contribution in [3.05, 3.63) is 23.3 Å². The Labute approximate surface area is 181 Å². The molecule has 2 aliphatic rings. The second-order valence-corrected chi connectivity index (χ2v) is 9.51. The van der Waals surface area contributed by atoms with Crippen LogP contribution in [0.3, 0.4) is 0 Å². The van der Waals surface area contributed by atoms with Crippen molar-refractivity contribution in [2.45, 2.75) is 59.1 Å². The molecule has 0 radical (unpaired) electrons.